The number of rotatable bonds is 9. The number of para-hydroxylation sites is 1. The number of thiophene rings is 1. The SMILES string of the molecule is CC(=O)NCc1ccc(C(=O)CSc2nnc(-c3cccnc3)n2-c2ccccc2C(C)C)s1. The maximum absolute atomic E-state index is 12.9. The molecule has 0 fully saturated rings. The first-order chi connectivity index (χ1) is 16.4. The van der Waals surface area contributed by atoms with Crippen LogP contribution in [0.3, 0.4) is 0 Å². The van der Waals surface area contributed by atoms with E-state index in [-0.39, 0.29) is 17.4 Å². The first-order valence-corrected chi connectivity index (χ1v) is 12.7. The van der Waals surface area contributed by atoms with Crippen LogP contribution in [0.4, 0.5) is 0 Å². The number of thioether (sulfide) groups is 1. The zero-order valence-electron chi connectivity index (χ0n) is 19.2. The first-order valence-electron chi connectivity index (χ1n) is 10.9. The minimum atomic E-state index is -0.0951. The van der Waals surface area contributed by atoms with Crippen molar-refractivity contribution < 1.29 is 9.59 Å². The third-order valence-electron chi connectivity index (χ3n) is 5.13. The summed E-state index contributed by atoms with van der Waals surface area (Å²) in [6.07, 6.45) is 3.49. The van der Waals surface area contributed by atoms with E-state index in [0.29, 0.717) is 28.3 Å². The lowest BCUT2D eigenvalue weighted by Crippen LogP contribution is -2.18. The lowest BCUT2D eigenvalue weighted by molar-refractivity contribution is -0.119. The van der Waals surface area contributed by atoms with Gasteiger partial charge in [0.1, 0.15) is 0 Å². The second kappa shape index (κ2) is 10.8. The molecule has 7 nitrogen and oxygen atoms in total. The van der Waals surface area contributed by atoms with Gasteiger partial charge in [0.25, 0.3) is 0 Å². The number of pyridine rings is 1. The second-order valence-electron chi connectivity index (χ2n) is 7.98. The van der Waals surface area contributed by atoms with Gasteiger partial charge in [0.05, 0.1) is 22.9 Å². The molecule has 0 saturated carbocycles. The molecule has 0 saturated heterocycles. The van der Waals surface area contributed by atoms with Crippen LogP contribution in [0.25, 0.3) is 17.1 Å². The van der Waals surface area contributed by atoms with Crippen LogP contribution >= 0.6 is 23.1 Å². The summed E-state index contributed by atoms with van der Waals surface area (Å²) in [5, 5.41) is 12.3. The van der Waals surface area contributed by atoms with Gasteiger partial charge in [-0.05, 0) is 41.8 Å². The van der Waals surface area contributed by atoms with Gasteiger partial charge in [-0.2, -0.15) is 0 Å². The topological polar surface area (TPSA) is 89.8 Å². The van der Waals surface area contributed by atoms with Crippen molar-refractivity contribution in [2.24, 2.45) is 0 Å². The van der Waals surface area contributed by atoms with Crippen LogP contribution in [0.1, 0.15) is 46.8 Å². The molecule has 4 aromatic rings. The molecule has 174 valence electrons. The molecule has 0 radical (unpaired) electrons. The fourth-order valence-corrected chi connectivity index (χ4v) is 5.28. The van der Waals surface area contributed by atoms with Gasteiger partial charge >= 0.3 is 0 Å². The molecule has 34 heavy (non-hydrogen) atoms. The predicted molar refractivity (Wildman–Crippen MR) is 136 cm³/mol. The molecule has 0 spiro atoms. The summed E-state index contributed by atoms with van der Waals surface area (Å²) in [5.41, 5.74) is 3.01. The predicted octanol–water partition coefficient (Wildman–Crippen LogP) is 5.13. The molecule has 0 aliphatic heterocycles. The van der Waals surface area contributed by atoms with E-state index < -0.39 is 0 Å². The van der Waals surface area contributed by atoms with Gasteiger partial charge in [0.2, 0.25) is 5.91 Å². The molecule has 4 rings (SSSR count). The molecule has 0 aliphatic carbocycles. The number of aromatic nitrogens is 4. The molecular weight excluding hydrogens is 466 g/mol. The Kier molecular flexibility index (Phi) is 7.54. The number of nitrogens with zero attached hydrogens (tertiary/aromatic N) is 4. The molecular formula is C25H25N5O2S2. The summed E-state index contributed by atoms with van der Waals surface area (Å²) in [6, 6.07) is 15.7. The number of amides is 1. The van der Waals surface area contributed by atoms with Gasteiger partial charge < -0.3 is 5.32 Å². The van der Waals surface area contributed by atoms with Crippen LogP contribution in [0.5, 0.6) is 0 Å². The average molecular weight is 492 g/mol. The standard InChI is InChI=1S/C25H25N5O2S2/c1-16(2)20-8-4-5-9-21(20)30-24(18-7-6-12-26-13-18)28-29-25(30)33-15-22(32)23-11-10-19(34-23)14-27-17(3)31/h4-13,16H,14-15H2,1-3H3,(H,27,31). The molecule has 1 N–H and O–H groups in total. The molecule has 0 aliphatic rings. The third kappa shape index (κ3) is 5.43. The number of benzene rings is 1. The minimum absolute atomic E-state index is 0.0127. The number of carbonyl (C=O) groups is 2. The maximum atomic E-state index is 12.9. The highest BCUT2D eigenvalue weighted by atomic mass is 32.2. The summed E-state index contributed by atoms with van der Waals surface area (Å²) in [4.78, 5) is 29.9. The number of carbonyl (C=O) groups excluding carboxylic acids is 2. The van der Waals surface area contributed by atoms with Crippen LogP contribution in [-0.4, -0.2) is 37.2 Å². The molecule has 1 aromatic carbocycles. The number of Topliss-reactive ketones (excluding diaryl/α,β-unsaturated/α-hetero) is 1. The molecule has 0 atom stereocenters. The Morgan fingerprint density at radius 2 is 1.91 bits per heavy atom. The van der Waals surface area contributed by atoms with Gasteiger partial charge in [-0.1, -0.05) is 43.8 Å². The lowest BCUT2D eigenvalue weighted by atomic mass is 10.0. The highest BCUT2D eigenvalue weighted by molar-refractivity contribution is 7.99. The largest absolute Gasteiger partial charge is 0.351 e. The molecule has 3 heterocycles. The second-order valence-corrected chi connectivity index (χ2v) is 10.1. The average Bonchev–Trinajstić information content (AvgIpc) is 3.49. The smallest absolute Gasteiger partial charge is 0.217 e. The summed E-state index contributed by atoms with van der Waals surface area (Å²) in [6.45, 7) is 6.20. The fraction of sp³-hybridized carbons (Fsp3) is 0.240. The summed E-state index contributed by atoms with van der Waals surface area (Å²) in [5.74, 6) is 1.13. The highest BCUT2D eigenvalue weighted by Crippen LogP contribution is 2.32. The molecule has 1 amide bonds. The van der Waals surface area contributed by atoms with Gasteiger partial charge in [0, 0.05) is 29.8 Å². The Bertz CT molecular complexity index is 1300. The molecule has 3 aromatic heterocycles. The summed E-state index contributed by atoms with van der Waals surface area (Å²) < 4.78 is 2.01. The van der Waals surface area contributed by atoms with Crippen LogP contribution in [0, 0.1) is 0 Å². The Hall–Kier alpha value is -3.30. The van der Waals surface area contributed by atoms with Gasteiger partial charge in [-0.25, -0.2) is 0 Å². The van der Waals surface area contributed by atoms with E-state index in [9.17, 15) is 9.59 Å². The Balaban J connectivity index is 1.62. The number of hydrogen-bond acceptors (Lipinski definition) is 7. The van der Waals surface area contributed by atoms with E-state index in [2.05, 4.69) is 46.5 Å². The van der Waals surface area contributed by atoms with Crippen molar-refractivity contribution in [1.82, 2.24) is 25.1 Å². The molecule has 9 heteroatoms. The van der Waals surface area contributed by atoms with Gasteiger partial charge in [-0.3, -0.25) is 19.1 Å². The van der Waals surface area contributed by atoms with Crippen molar-refractivity contribution in [3.63, 3.8) is 0 Å². The van der Waals surface area contributed by atoms with Crippen LogP contribution in [-0.2, 0) is 11.3 Å². The number of nitrogens with one attached hydrogen (secondary N) is 1. The Labute approximate surface area is 206 Å². The Morgan fingerprint density at radius 1 is 1.09 bits per heavy atom. The van der Waals surface area contributed by atoms with Crippen LogP contribution < -0.4 is 5.32 Å². The van der Waals surface area contributed by atoms with E-state index in [1.165, 1.54) is 35.6 Å². The zero-order chi connectivity index (χ0) is 24.1. The van der Waals surface area contributed by atoms with Crippen molar-refractivity contribution in [2.45, 2.75) is 38.4 Å². The van der Waals surface area contributed by atoms with Crippen LogP contribution in [0.15, 0.2) is 66.1 Å². The normalized spacial score (nSPS) is 11.1. The van der Waals surface area contributed by atoms with Crippen molar-refractivity contribution in [1.29, 1.82) is 0 Å². The van der Waals surface area contributed by atoms with Crippen molar-refractivity contribution in [2.75, 3.05) is 5.75 Å². The monoisotopic (exact) mass is 491 g/mol. The van der Waals surface area contributed by atoms with Gasteiger partial charge in [0.15, 0.2) is 16.8 Å². The molecule has 0 bridgehead atoms. The maximum Gasteiger partial charge on any atom is 0.217 e. The van der Waals surface area contributed by atoms with Crippen molar-refractivity contribution in [3.05, 3.63) is 76.2 Å². The molecule has 0 unspecified atom stereocenters. The zero-order valence-corrected chi connectivity index (χ0v) is 20.8. The fourth-order valence-electron chi connectivity index (χ4n) is 3.48. The third-order valence-corrected chi connectivity index (χ3v) is 7.19. The van der Waals surface area contributed by atoms with Crippen molar-refractivity contribution >= 4 is 34.8 Å². The van der Waals surface area contributed by atoms with Crippen molar-refractivity contribution in [3.8, 4) is 17.1 Å². The Morgan fingerprint density at radius 3 is 2.65 bits per heavy atom. The van der Waals surface area contributed by atoms with E-state index in [0.717, 1.165) is 16.1 Å². The number of ketones is 1. The van der Waals surface area contributed by atoms with Crippen LogP contribution in [0.2, 0.25) is 0 Å². The van der Waals surface area contributed by atoms with E-state index >= 15 is 0 Å². The minimum Gasteiger partial charge on any atom is -0.351 e. The lowest BCUT2D eigenvalue weighted by Gasteiger charge is -2.16. The first kappa shape index (κ1) is 23.8. The van der Waals surface area contributed by atoms with Gasteiger partial charge in [-0.15, -0.1) is 21.5 Å². The quantitative estimate of drug-likeness (QED) is 0.258. The highest BCUT2D eigenvalue weighted by Gasteiger charge is 2.21. The number of hydrogen-bond donors (Lipinski definition) is 1. The summed E-state index contributed by atoms with van der Waals surface area (Å²) in [7, 11) is 0. The summed E-state index contributed by atoms with van der Waals surface area (Å²) >= 11 is 2.76. The van der Waals surface area contributed by atoms with E-state index in [1.54, 1.807) is 12.4 Å². The van der Waals surface area contributed by atoms with E-state index in [4.69, 9.17) is 0 Å². The van der Waals surface area contributed by atoms with E-state index in [1.807, 2.05) is 41.0 Å².